The SMILES string of the molecule is CNCC1CC2C3CC4C2C4C13.Cl. The van der Waals surface area contributed by atoms with Crippen molar-refractivity contribution in [3.05, 3.63) is 0 Å². The van der Waals surface area contributed by atoms with E-state index in [-0.39, 0.29) is 12.4 Å². The summed E-state index contributed by atoms with van der Waals surface area (Å²) in [4.78, 5) is 0. The predicted molar refractivity (Wildman–Crippen MR) is 54.8 cm³/mol. The first-order valence-electron chi connectivity index (χ1n) is 5.56. The Kier molecular flexibility index (Phi) is 1.60. The Morgan fingerprint density at radius 2 is 1.77 bits per heavy atom. The van der Waals surface area contributed by atoms with Gasteiger partial charge in [-0.05, 0) is 67.9 Å². The lowest BCUT2D eigenvalue weighted by molar-refractivity contribution is 0.303. The summed E-state index contributed by atoms with van der Waals surface area (Å²) in [6.45, 7) is 1.30. The molecule has 5 saturated carbocycles. The molecule has 0 heterocycles. The third-order valence-electron chi connectivity index (χ3n) is 5.41. The van der Waals surface area contributed by atoms with Crippen LogP contribution in [0, 0.1) is 41.4 Å². The smallest absolute Gasteiger partial charge is 0.00206 e. The van der Waals surface area contributed by atoms with Gasteiger partial charge in [0.15, 0.2) is 0 Å². The highest BCUT2D eigenvalue weighted by Crippen LogP contribution is 2.81. The van der Waals surface area contributed by atoms with E-state index in [2.05, 4.69) is 12.4 Å². The maximum atomic E-state index is 3.37. The van der Waals surface area contributed by atoms with Crippen LogP contribution in [0.3, 0.4) is 0 Å². The number of hydrogen-bond acceptors (Lipinski definition) is 1. The fourth-order valence-corrected chi connectivity index (χ4v) is 5.37. The Labute approximate surface area is 86.1 Å². The van der Waals surface area contributed by atoms with Crippen molar-refractivity contribution < 1.29 is 0 Å². The maximum Gasteiger partial charge on any atom is -0.00206 e. The van der Waals surface area contributed by atoms with Crippen molar-refractivity contribution in [1.29, 1.82) is 0 Å². The Morgan fingerprint density at radius 3 is 2.31 bits per heavy atom. The van der Waals surface area contributed by atoms with E-state index in [1.807, 2.05) is 0 Å². The monoisotopic (exact) mass is 199 g/mol. The van der Waals surface area contributed by atoms with Crippen LogP contribution in [0.5, 0.6) is 0 Å². The molecular weight excluding hydrogens is 182 g/mol. The zero-order chi connectivity index (χ0) is 7.87. The number of rotatable bonds is 2. The van der Waals surface area contributed by atoms with E-state index >= 15 is 0 Å². The van der Waals surface area contributed by atoms with Crippen LogP contribution in [-0.4, -0.2) is 13.6 Å². The molecule has 0 radical (unpaired) electrons. The normalized spacial score (nSPS) is 63.9. The van der Waals surface area contributed by atoms with Crippen molar-refractivity contribution in [1.82, 2.24) is 5.32 Å². The largest absolute Gasteiger partial charge is 0.319 e. The molecule has 0 spiro atoms. The van der Waals surface area contributed by atoms with Gasteiger partial charge in [-0.3, -0.25) is 0 Å². The van der Waals surface area contributed by atoms with Gasteiger partial charge in [-0.15, -0.1) is 12.4 Å². The molecule has 0 aromatic carbocycles. The van der Waals surface area contributed by atoms with Crippen molar-refractivity contribution >= 4 is 12.4 Å². The zero-order valence-corrected chi connectivity index (χ0v) is 8.89. The molecule has 2 heteroatoms. The van der Waals surface area contributed by atoms with Crippen LogP contribution >= 0.6 is 12.4 Å². The highest BCUT2D eigenvalue weighted by atomic mass is 35.5. The summed E-state index contributed by atoms with van der Waals surface area (Å²) in [7, 11) is 2.11. The summed E-state index contributed by atoms with van der Waals surface area (Å²) in [6, 6.07) is 0. The molecule has 5 rings (SSSR count). The van der Waals surface area contributed by atoms with Gasteiger partial charge >= 0.3 is 0 Å². The lowest BCUT2D eigenvalue weighted by Gasteiger charge is -2.20. The van der Waals surface area contributed by atoms with Crippen molar-refractivity contribution in [2.75, 3.05) is 13.6 Å². The molecule has 5 fully saturated rings. The standard InChI is InChI=1S/C11H17N.ClH/c1-12-4-5-2-6-7-3-8-10(6)11(8)9(5)7;/h5-12H,2-4H2,1H3;1H. The molecule has 5 aliphatic rings. The van der Waals surface area contributed by atoms with Gasteiger partial charge < -0.3 is 5.32 Å². The van der Waals surface area contributed by atoms with Crippen LogP contribution in [0.4, 0.5) is 0 Å². The first-order valence-corrected chi connectivity index (χ1v) is 5.56. The van der Waals surface area contributed by atoms with Gasteiger partial charge in [0.25, 0.3) is 0 Å². The lowest BCUT2D eigenvalue weighted by Crippen LogP contribution is -2.25. The summed E-state index contributed by atoms with van der Waals surface area (Å²) in [5.41, 5.74) is 0. The van der Waals surface area contributed by atoms with Crippen LogP contribution < -0.4 is 5.32 Å². The Balaban J connectivity index is 0.000000562. The van der Waals surface area contributed by atoms with Crippen molar-refractivity contribution in [3.8, 4) is 0 Å². The van der Waals surface area contributed by atoms with Crippen molar-refractivity contribution in [2.24, 2.45) is 41.4 Å². The Morgan fingerprint density at radius 1 is 1.00 bits per heavy atom. The third-order valence-corrected chi connectivity index (χ3v) is 5.41. The summed E-state index contributed by atoms with van der Waals surface area (Å²) < 4.78 is 0. The summed E-state index contributed by atoms with van der Waals surface area (Å²) in [6.07, 6.45) is 3.21. The van der Waals surface area contributed by atoms with Crippen LogP contribution in [-0.2, 0) is 0 Å². The molecule has 0 saturated heterocycles. The van der Waals surface area contributed by atoms with Gasteiger partial charge in [-0.25, -0.2) is 0 Å². The molecule has 1 nitrogen and oxygen atoms in total. The molecule has 0 amide bonds. The summed E-state index contributed by atoms with van der Waals surface area (Å²) in [5, 5.41) is 3.37. The molecule has 5 aliphatic carbocycles. The van der Waals surface area contributed by atoms with E-state index in [4.69, 9.17) is 0 Å². The Hall–Kier alpha value is 0.250. The van der Waals surface area contributed by atoms with E-state index in [0.717, 1.165) is 5.92 Å². The second kappa shape index (κ2) is 2.43. The fourth-order valence-electron chi connectivity index (χ4n) is 5.37. The molecule has 7 unspecified atom stereocenters. The van der Waals surface area contributed by atoms with Crippen LogP contribution in [0.25, 0.3) is 0 Å². The number of halogens is 1. The van der Waals surface area contributed by atoms with Gasteiger partial charge in [0.1, 0.15) is 0 Å². The van der Waals surface area contributed by atoms with E-state index in [1.165, 1.54) is 42.1 Å². The highest BCUT2D eigenvalue weighted by molar-refractivity contribution is 5.85. The topological polar surface area (TPSA) is 12.0 Å². The number of nitrogens with one attached hydrogen (secondary N) is 1. The molecule has 7 atom stereocenters. The van der Waals surface area contributed by atoms with E-state index in [9.17, 15) is 0 Å². The van der Waals surface area contributed by atoms with Crippen molar-refractivity contribution in [3.63, 3.8) is 0 Å². The highest BCUT2D eigenvalue weighted by Gasteiger charge is 2.77. The predicted octanol–water partition coefficient (Wildman–Crippen LogP) is 1.78. The van der Waals surface area contributed by atoms with Gasteiger partial charge in [-0.1, -0.05) is 0 Å². The first-order chi connectivity index (χ1) is 5.92. The van der Waals surface area contributed by atoms with E-state index in [0.29, 0.717) is 0 Å². The first kappa shape index (κ1) is 8.55. The molecule has 0 aromatic rings. The van der Waals surface area contributed by atoms with Crippen LogP contribution in [0.2, 0.25) is 0 Å². The maximum absolute atomic E-state index is 3.37. The molecule has 13 heavy (non-hydrogen) atoms. The quantitative estimate of drug-likeness (QED) is 0.715. The molecule has 1 N–H and O–H groups in total. The van der Waals surface area contributed by atoms with E-state index < -0.39 is 0 Å². The molecule has 0 aliphatic heterocycles. The Bertz CT molecular complexity index is 242. The fraction of sp³-hybridized carbons (Fsp3) is 1.00. The second-order valence-electron chi connectivity index (χ2n) is 5.51. The average Bonchev–Trinajstić information content (AvgIpc) is 2.48. The van der Waals surface area contributed by atoms with Gasteiger partial charge in [0, 0.05) is 0 Å². The zero-order valence-electron chi connectivity index (χ0n) is 8.07. The number of hydrogen-bond donors (Lipinski definition) is 1. The minimum atomic E-state index is 0. The molecule has 74 valence electrons. The minimum absolute atomic E-state index is 0. The molecule has 6 bridgehead atoms. The van der Waals surface area contributed by atoms with Crippen LogP contribution in [0.1, 0.15) is 12.8 Å². The second-order valence-corrected chi connectivity index (χ2v) is 5.51. The lowest BCUT2D eigenvalue weighted by atomic mass is 9.88. The van der Waals surface area contributed by atoms with Crippen LogP contribution in [0.15, 0.2) is 0 Å². The third kappa shape index (κ3) is 0.756. The molecule has 0 aromatic heterocycles. The van der Waals surface area contributed by atoms with Gasteiger partial charge in [-0.2, -0.15) is 0 Å². The van der Waals surface area contributed by atoms with E-state index in [1.54, 1.807) is 12.8 Å². The van der Waals surface area contributed by atoms with Crippen molar-refractivity contribution in [2.45, 2.75) is 12.8 Å². The summed E-state index contributed by atoms with van der Waals surface area (Å²) in [5.74, 6) is 8.34. The summed E-state index contributed by atoms with van der Waals surface area (Å²) >= 11 is 0. The van der Waals surface area contributed by atoms with Gasteiger partial charge in [0.05, 0.1) is 0 Å². The average molecular weight is 200 g/mol. The minimum Gasteiger partial charge on any atom is -0.319 e. The molecular formula is C11H18ClN. The van der Waals surface area contributed by atoms with Gasteiger partial charge in [0.2, 0.25) is 0 Å².